The second-order valence-corrected chi connectivity index (χ2v) is 5.97. The third-order valence-electron chi connectivity index (χ3n) is 3.06. The first-order valence-electron chi connectivity index (χ1n) is 6.55. The van der Waals surface area contributed by atoms with Crippen LogP contribution in [0, 0.1) is 0 Å². The number of hydrazone groups is 1. The maximum absolute atomic E-state index is 12.4. The summed E-state index contributed by atoms with van der Waals surface area (Å²) < 4.78 is 0. The van der Waals surface area contributed by atoms with Gasteiger partial charge in [-0.1, -0.05) is 53.7 Å². The van der Waals surface area contributed by atoms with Gasteiger partial charge in [-0.25, -0.2) is 0 Å². The zero-order valence-electron chi connectivity index (χ0n) is 11.4. The number of carbonyl (C=O) groups excluding carboxylic acids is 2. The quantitative estimate of drug-likeness (QED) is 0.808. The van der Waals surface area contributed by atoms with E-state index in [1.165, 1.54) is 5.01 Å². The van der Waals surface area contributed by atoms with Crippen LogP contribution in [0.3, 0.4) is 0 Å². The Hall–Kier alpha value is -2.11. The van der Waals surface area contributed by atoms with E-state index in [1.54, 1.807) is 48.5 Å². The van der Waals surface area contributed by atoms with Crippen molar-refractivity contribution in [1.82, 2.24) is 0 Å². The summed E-state index contributed by atoms with van der Waals surface area (Å²) in [6.07, 6.45) is 0. The van der Waals surface area contributed by atoms with E-state index in [2.05, 4.69) is 5.10 Å². The Bertz CT molecular complexity index is 745. The van der Waals surface area contributed by atoms with Crippen LogP contribution in [-0.4, -0.2) is 22.5 Å². The van der Waals surface area contributed by atoms with Crippen molar-refractivity contribution < 1.29 is 9.59 Å². The molecule has 0 spiro atoms. The Morgan fingerprint density at radius 2 is 1.77 bits per heavy atom. The highest BCUT2D eigenvalue weighted by molar-refractivity contribution is 8.16. The van der Waals surface area contributed by atoms with Crippen molar-refractivity contribution in [3.05, 3.63) is 65.2 Å². The number of nitrogens with zero attached hydrogens (tertiary/aromatic N) is 2. The molecule has 0 saturated carbocycles. The minimum atomic E-state index is -0.183. The lowest BCUT2D eigenvalue weighted by molar-refractivity contribution is -0.116. The zero-order chi connectivity index (χ0) is 15.5. The van der Waals surface area contributed by atoms with Crippen molar-refractivity contribution in [1.29, 1.82) is 0 Å². The van der Waals surface area contributed by atoms with Crippen LogP contribution in [-0.2, 0) is 4.79 Å². The fourth-order valence-electron chi connectivity index (χ4n) is 1.97. The van der Waals surface area contributed by atoms with Crippen molar-refractivity contribution in [3.63, 3.8) is 0 Å². The van der Waals surface area contributed by atoms with E-state index in [0.29, 0.717) is 21.3 Å². The minimum Gasteiger partial charge on any atom is -0.286 e. The van der Waals surface area contributed by atoms with Gasteiger partial charge in [-0.2, -0.15) is 10.1 Å². The van der Waals surface area contributed by atoms with Gasteiger partial charge in [0.25, 0.3) is 5.91 Å². The summed E-state index contributed by atoms with van der Waals surface area (Å²) in [5, 5.41) is 6.35. The van der Waals surface area contributed by atoms with E-state index < -0.39 is 0 Å². The summed E-state index contributed by atoms with van der Waals surface area (Å²) in [7, 11) is 0. The summed E-state index contributed by atoms with van der Waals surface area (Å²) in [6.45, 7) is 0. The molecule has 0 radical (unpaired) electrons. The van der Waals surface area contributed by atoms with Crippen molar-refractivity contribution in [3.8, 4) is 0 Å². The van der Waals surface area contributed by atoms with E-state index in [4.69, 9.17) is 11.6 Å². The van der Waals surface area contributed by atoms with E-state index in [-0.39, 0.29) is 17.4 Å². The third-order valence-corrected chi connectivity index (χ3v) is 4.24. The van der Waals surface area contributed by atoms with Crippen molar-refractivity contribution in [2.24, 2.45) is 5.10 Å². The maximum Gasteiger partial charge on any atom is 0.257 e. The van der Waals surface area contributed by atoms with Crippen molar-refractivity contribution in [2.45, 2.75) is 0 Å². The van der Waals surface area contributed by atoms with E-state index in [1.807, 2.05) is 6.07 Å². The van der Waals surface area contributed by atoms with E-state index in [9.17, 15) is 9.59 Å². The summed E-state index contributed by atoms with van der Waals surface area (Å²) in [5.74, 6) is -0.172. The molecule has 1 heterocycles. The number of halogens is 1. The minimum absolute atomic E-state index is 0.170. The van der Waals surface area contributed by atoms with Gasteiger partial charge in [0.1, 0.15) is 0 Å². The second kappa shape index (κ2) is 6.34. The first kappa shape index (κ1) is 14.8. The van der Waals surface area contributed by atoms with Gasteiger partial charge in [0.05, 0.1) is 11.4 Å². The number of amides is 1. The first-order valence-corrected chi connectivity index (χ1v) is 7.91. The molecule has 2 aromatic rings. The van der Waals surface area contributed by atoms with Crippen molar-refractivity contribution in [2.75, 3.05) is 10.8 Å². The van der Waals surface area contributed by atoms with Crippen LogP contribution >= 0.6 is 23.4 Å². The molecule has 4 nitrogen and oxygen atoms in total. The van der Waals surface area contributed by atoms with Gasteiger partial charge in [-0.05, 0) is 24.3 Å². The Balaban J connectivity index is 1.92. The van der Waals surface area contributed by atoms with Crippen LogP contribution < -0.4 is 5.01 Å². The number of hydrogen-bond donors (Lipinski definition) is 0. The lowest BCUT2D eigenvalue weighted by Crippen LogP contribution is -2.34. The number of carbonyl (C=O) groups is 2. The fraction of sp³-hybridized carbons (Fsp3) is 0.0625. The zero-order valence-corrected chi connectivity index (χ0v) is 13.0. The molecule has 110 valence electrons. The maximum atomic E-state index is 12.4. The average molecular weight is 331 g/mol. The normalized spacial score (nSPS) is 14.7. The summed E-state index contributed by atoms with van der Waals surface area (Å²) in [5.41, 5.74) is 1.15. The molecule has 1 amide bonds. The number of hydrogen-bond acceptors (Lipinski definition) is 4. The average Bonchev–Trinajstić information content (AvgIpc) is 2.56. The van der Waals surface area contributed by atoms with E-state index >= 15 is 0 Å². The molecule has 0 N–H and O–H groups in total. The molecule has 2 aromatic carbocycles. The number of anilines is 1. The molecule has 0 bridgehead atoms. The summed E-state index contributed by atoms with van der Waals surface area (Å²) in [6, 6.07) is 15.7. The molecule has 0 aromatic heterocycles. The molecule has 0 atom stereocenters. The fourth-order valence-corrected chi connectivity index (χ4v) is 2.87. The van der Waals surface area contributed by atoms with Gasteiger partial charge in [0, 0.05) is 10.6 Å². The molecule has 6 heteroatoms. The lowest BCUT2D eigenvalue weighted by atomic mass is 10.1. The van der Waals surface area contributed by atoms with Gasteiger partial charge >= 0.3 is 0 Å². The molecular weight excluding hydrogens is 320 g/mol. The largest absolute Gasteiger partial charge is 0.286 e. The number of thioether (sulfide) groups is 1. The number of rotatable bonds is 3. The second-order valence-electron chi connectivity index (χ2n) is 4.57. The molecule has 1 aliphatic rings. The summed E-state index contributed by atoms with van der Waals surface area (Å²) >= 11 is 7.01. The van der Waals surface area contributed by atoms with Crippen LogP contribution in [0.4, 0.5) is 5.69 Å². The van der Waals surface area contributed by atoms with Gasteiger partial charge in [0.15, 0.2) is 5.04 Å². The Labute approximate surface area is 136 Å². The number of ketones is 1. The Morgan fingerprint density at radius 1 is 1.09 bits per heavy atom. The third kappa shape index (κ3) is 3.05. The van der Waals surface area contributed by atoms with Crippen LogP contribution in [0.5, 0.6) is 0 Å². The van der Waals surface area contributed by atoms with Gasteiger partial charge in [0.2, 0.25) is 5.78 Å². The monoisotopic (exact) mass is 330 g/mol. The SMILES string of the molecule is O=C(C1=NN(c2ccc(Cl)cc2)C(=O)CS1)c1ccccc1. The van der Waals surface area contributed by atoms with Gasteiger partial charge < -0.3 is 0 Å². The first-order chi connectivity index (χ1) is 10.6. The van der Waals surface area contributed by atoms with Crippen LogP contribution in [0.15, 0.2) is 59.7 Å². The molecule has 0 unspecified atom stereocenters. The predicted molar refractivity (Wildman–Crippen MR) is 89.6 cm³/mol. The summed E-state index contributed by atoms with van der Waals surface area (Å²) in [4.78, 5) is 24.5. The predicted octanol–water partition coefficient (Wildman–Crippen LogP) is 3.62. The van der Waals surface area contributed by atoms with Crippen LogP contribution in [0.1, 0.15) is 10.4 Å². The molecular formula is C16H11ClN2O2S. The Kier molecular flexibility index (Phi) is 4.27. The standard InChI is InChI=1S/C16H11ClN2O2S/c17-12-6-8-13(9-7-12)19-14(20)10-22-16(18-19)15(21)11-4-2-1-3-5-11/h1-9H,10H2. The molecule has 0 aliphatic carbocycles. The van der Waals surface area contributed by atoms with E-state index in [0.717, 1.165) is 11.8 Å². The lowest BCUT2D eigenvalue weighted by Gasteiger charge is -2.22. The molecule has 3 rings (SSSR count). The highest BCUT2D eigenvalue weighted by Gasteiger charge is 2.26. The molecule has 0 fully saturated rings. The van der Waals surface area contributed by atoms with Crippen LogP contribution in [0.2, 0.25) is 5.02 Å². The van der Waals surface area contributed by atoms with Gasteiger partial charge in [-0.3, -0.25) is 9.59 Å². The highest BCUT2D eigenvalue weighted by atomic mass is 35.5. The van der Waals surface area contributed by atoms with Gasteiger partial charge in [-0.15, -0.1) is 0 Å². The van der Waals surface area contributed by atoms with Crippen molar-refractivity contribution >= 4 is 45.8 Å². The smallest absolute Gasteiger partial charge is 0.257 e. The topological polar surface area (TPSA) is 49.7 Å². The van der Waals surface area contributed by atoms with Crippen LogP contribution in [0.25, 0.3) is 0 Å². The highest BCUT2D eigenvalue weighted by Crippen LogP contribution is 2.25. The Morgan fingerprint density at radius 3 is 2.45 bits per heavy atom. The number of benzene rings is 2. The number of Topliss-reactive ketones (excluding diaryl/α,β-unsaturated/α-hetero) is 1. The molecule has 0 saturated heterocycles. The molecule has 22 heavy (non-hydrogen) atoms. The molecule has 1 aliphatic heterocycles.